The van der Waals surface area contributed by atoms with E-state index < -0.39 is 11.4 Å². The molecule has 3 N–H and O–H groups in total. The molecule has 1 aliphatic carbocycles. The van der Waals surface area contributed by atoms with Gasteiger partial charge in [-0.1, -0.05) is 19.8 Å². The maximum absolute atomic E-state index is 12.7. The lowest BCUT2D eigenvalue weighted by atomic mass is 9.78. The molecular weight excluding hydrogens is 256 g/mol. The van der Waals surface area contributed by atoms with Crippen molar-refractivity contribution in [3.8, 4) is 0 Å². The number of carboxylic acid groups (broad SMARTS) is 1. The third-order valence-electron chi connectivity index (χ3n) is 5.32. The molecule has 3 unspecified atom stereocenters. The number of rotatable bonds is 4. The van der Waals surface area contributed by atoms with Crippen LogP contribution < -0.4 is 5.73 Å². The summed E-state index contributed by atoms with van der Waals surface area (Å²) >= 11 is 0. The van der Waals surface area contributed by atoms with Gasteiger partial charge in [0.2, 0.25) is 5.91 Å². The highest BCUT2D eigenvalue weighted by Gasteiger charge is 2.46. The summed E-state index contributed by atoms with van der Waals surface area (Å²) in [7, 11) is 0. The van der Waals surface area contributed by atoms with E-state index in [2.05, 4.69) is 0 Å². The maximum atomic E-state index is 12.7. The highest BCUT2D eigenvalue weighted by atomic mass is 16.4. The molecule has 114 valence electrons. The molecule has 1 aliphatic heterocycles. The minimum atomic E-state index is -0.769. The van der Waals surface area contributed by atoms with Crippen molar-refractivity contribution in [1.29, 1.82) is 0 Å². The van der Waals surface area contributed by atoms with Gasteiger partial charge in [-0.05, 0) is 38.1 Å². The fraction of sp³-hybridized carbons (Fsp3) is 0.867. The predicted molar refractivity (Wildman–Crippen MR) is 76.1 cm³/mol. The minimum Gasteiger partial charge on any atom is -0.481 e. The molecular formula is C15H26N2O3. The molecule has 0 radical (unpaired) electrons. The lowest BCUT2D eigenvalue weighted by Gasteiger charge is -2.33. The molecule has 1 heterocycles. The molecule has 1 amide bonds. The van der Waals surface area contributed by atoms with Crippen LogP contribution in [-0.2, 0) is 9.59 Å². The van der Waals surface area contributed by atoms with Gasteiger partial charge in [-0.2, -0.15) is 0 Å². The van der Waals surface area contributed by atoms with Gasteiger partial charge in [-0.25, -0.2) is 0 Å². The Hall–Kier alpha value is -1.10. The Morgan fingerprint density at radius 2 is 2.05 bits per heavy atom. The molecule has 2 rings (SSSR count). The number of aliphatic carboxylic acids is 1. The summed E-state index contributed by atoms with van der Waals surface area (Å²) in [5.74, 6) is -0.348. The zero-order chi connectivity index (χ0) is 14.8. The number of carbonyl (C=O) groups is 2. The van der Waals surface area contributed by atoms with E-state index in [1.807, 2.05) is 6.92 Å². The average Bonchev–Trinajstić information content (AvgIpc) is 2.92. The Balaban J connectivity index is 2.05. The zero-order valence-corrected chi connectivity index (χ0v) is 12.3. The average molecular weight is 282 g/mol. The van der Waals surface area contributed by atoms with Gasteiger partial charge < -0.3 is 15.7 Å². The number of amides is 1. The van der Waals surface area contributed by atoms with Gasteiger partial charge in [0.25, 0.3) is 0 Å². The topological polar surface area (TPSA) is 83.6 Å². The summed E-state index contributed by atoms with van der Waals surface area (Å²) in [5, 5.41) is 9.41. The first-order chi connectivity index (χ1) is 9.54. The molecule has 5 heteroatoms. The molecule has 0 aromatic heterocycles. The fourth-order valence-electron chi connectivity index (χ4n) is 3.72. The van der Waals surface area contributed by atoms with Gasteiger partial charge in [0.1, 0.15) is 0 Å². The van der Waals surface area contributed by atoms with E-state index in [0.717, 1.165) is 25.7 Å². The third-order valence-corrected chi connectivity index (χ3v) is 5.32. The molecule has 0 aromatic rings. The van der Waals surface area contributed by atoms with E-state index in [1.54, 1.807) is 4.90 Å². The van der Waals surface area contributed by atoms with Crippen LogP contribution in [-0.4, -0.2) is 41.5 Å². The van der Waals surface area contributed by atoms with Crippen molar-refractivity contribution in [1.82, 2.24) is 4.90 Å². The number of likely N-dealkylation sites (tertiary alicyclic amines) is 1. The first kappa shape index (κ1) is 15.3. The highest BCUT2D eigenvalue weighted by molar-refractivity contribution is 5.82. The van der Waals surface area contributed by atoms with Crippen LogP contribution >= 0.6 is 0 Å². The van der Waals surface area contributed by atoms with Crippen LogP contribution in [0.1, 0.15) is 45.4 Å². The normalized spacial score (nSPS) is 34.2. The smallest absolute Gasteiger partial charge is 0.311 e. The fourth-order valence-corrected chi connectivity index (χ4v) is 3.72. The largest absolute Gasteiger partial charge is 0.481 e. The van der Waals surface area contributed by atoms with Crippen molar-refractivity contribution in [2.24, 2.45) is 23.0 Å². The van der Waals surface area contributed by atoms with Crippen LogP contribution in [0.15, 0.2) is 0 Å². The molecule has 2 aliphatic rings. The summed E-state index contributed by atoms with van der Waals surface area (Å²) in [6.07, 6.45) is 5.32. The summed E-state index contributed by atoms with van der Waals surface area (Å²) in [6.45, 7) is 3.39. The Morgan fingerprint density at radius 1 is 1.35 bits per heavy atom. The Kier molecular flexibility index (Phi) is 4.68. The second-order valence-electron chi connectivity index (χ2n) is 6.34. The SMILES string of the molecule is CCC1(C(=O)O)CCN(C(=O)C2CCCCC2CN)C1. The highest BCUT2D eigenvalue weighted by Crippen LogP contribution is 2.37. The van der Waals surface area contributed by atoms with Crippen molar-refractivity contribution in [3.05, 3.63) is 0 Å². The van der Waals surface area contributed by atoms with Crippen LogP contribution in [0, 0.1) is 17.3 Å². The van der Waals surface area contributed by atoms with Crippen molar-refractivity contribution < 1.29 is 14.7 Å². The number of hydrogen-bond donors (Lipinski definition) is 2. The van der Waals surface area contributed by atoms with Gasteiger partial charge in [-0.15, -0.1) is 0 Å². The summed E-state index contributed by atoms with van der Waals surface area (Å²) in [6, 6.07) is 0. The van der Waals surface area contributed by atoms with E-state index >= 15 is 0 Å². The molecule has 0 aromatic carbocycles. The van der Waals surface area contributed by atoms with E-state index in [-0.39, 0.29) is 17.7 Å². The van der Waals surface area contributed by atoms with Crippen molar-refractivity contribution in [3.63, 3.8) is 0 Å². The zero-order valence-electron chi connectivity index (χ0n) is 12.3. The van der Waals surface area contributed by atoms with Gasteiger partial charge in [0, 0.05) is 19.0 Å². The van der Waals surface area contributed by atoms with E-state index in [1.165, 1.54) is 0 Å². The van der Waals surface area contributed by atoms with E-state index in [0.29, 0.717) is 32.5 Å². The monoisotopic (exact) mass is 282 g/mol. The molecule has 3 atom stereocenters. The number of nitrogens with two attached hydrogens (primary N) is 1. The Morgan fingerprint density at radius 3 is 2.60 bits per heavy atom. The van der Waals surface area contributed by atoms with Crippen molar-refractivity contribution in [2.75, 3.05) is 19.6 Å². The number of nitrogens with zero attached hydrogens (tertiary/aromatic N) is 1. The molecule has 0 spiro atoms. The van der Waals surface area contributed by atoms with Gasteiger partial charge >= 0.3 is 5.97 Å². The Labute approximate surface area is 120 Å². The quantitative estimate of drug-likeness (QED) is 0.817. The number of hydrogen-bond acceptors (Lipinski definition) is 3. The van der Waals surface area contributed by atoms with Crippen LogP contribution in [0.5, 0.6) is 0 Å². The molecule has 20 heavy (non-hydrogen) atoms. The molecule has 5 nitrogen and oxygen atoms in total. The van der Waals surface area contributed by atoms with Crippen LogP contribution in [0.2, 0.25) is 0 Å². The lowest BCUT2D eigenvalue weighted by molar-refractivity contribution is -0.149. The van der Waals surface area contributed by atoms with Gasteiger partial charge in [0.05, 0.1) is 5.41 Å². The second kappa shape index (κ2) is 6.12. The van der Waals surface area contributed by atoms with Crippen LogP contribution in [0.4, 0.5) is 0 Å². The lowest BCUT2D eigenvalue weighted by Crippen LogP contribution is -2.43. The first-order valence-electron chi connectivity index (χ1n) is 7.76. The number of carboxylic acids is 1. The summed E-state index contributed by atoms with van der Waals surface area (Å²) in [5.41, 5.74) is 5.06. The predicted octanol–water partition coefficient (Wildman–Crippen LogP) is 1.46. The van der Waals surface area contributed by atoms with Gasteiger partial charge in [0.15, 0.2) is 0 Å². The molecule has 1 saturated carbocycles. The molecule has 0 bridgehead atoms. The van der Waals surface area contributed by atoms with Crippen LogP contribution in [0.3, 0.4) is 0 Å². The van der Waals surface area contributed by atoms with E-state index in [4.69, 9.17) is 5.73 Å². The maximum Gasteiger partial charge on any atom is 0.311 e. The first-order valence-corrected chi connectivity index (χ1v) is 7.76. The second-order valence-corrected chi connectivity index (χ2v) is 6.34. The standard InChI is InChI=1S/C15H26N2O3/c1-2-15(14(19)20)7-8-17(10-15)13(18)12-6-4-3-5-11(12)9-16/h11-12H,2-10,16H2,1H3,(H,19,20). The van der Waals surface area contributed by atoms with Gasteiger partial charge in [-0.3, -0.25) is 9.59 Å². The Bertz CT molecular complexity index is 385. The van der Waals surface area contributed by atoms with E-state index in [9.17, 15) is 14.7 Å². The molecule has 1 saturated heterocycles. The third kappa shape index (κ3) is 2.68. The summed E-state index contributed by atoms with van der Waals surface area (Å²) < 4.78 is 0. The number of carbonyl (C=O) groups excluding carboxylic acids is 1. The van der Waals surface area contributed by atoms with Crippen molar-refractivity contribution >= 4 is 11.9 Å². The minimum absolute atomic E-state index is 0.00945. The van der Waals surface area contributed by atoms with Crippen molar-refractivity contribution in [2.45, 2.75) is 45.4 Å². The van der Waals surface area contributed by atoms with Crippen LogP contribution in [0.25, 0.3) is 0 Å². The summed E-state index contributed by atoms with van der Waals surface area (Å²) in [4.78, 5) is 25.9. The molecule has 2 fully saturated rings.